The predicted molar refractivity (Wildman–Crippen MR) is 131 cm³/mol. The zero-order chi connectivity index (χ0) is 23.0. The van der Waals surface area contributed by atoms with Crippen molar-refractivity contribution in [3.63, 3.8) is 0 Å². The van der Waals surface area contributed by atoms with Crippen LogP contribution in [0.4, 0.5) is 5.69 Å². The van der Waals surface area contributed by atoms with Gasteiger partial charge in [0.15, 0.2) is 0 Å². The molecule has 0 amide bonds. The van der Waals surface area contributed by atoms with Crippen LogP contribution in [-0.2, 0) is 33.2 Å². The molecule has 1 rings (SSSR count). The van der Waals surface area contributed by atoms with Gasteiger partial charge in [0.25, 0.3) is 0 Å². The second-order valence-corrected chi connectivity index (χ2v) is 7.44. The van der Waals surface area contributed by atoms with Gasteiger partial charge in [0.05, 0.1) is 98.2 Å². The average molecular weight is 571 g/mol. The quantitative estimate of drug-likeness (QED) is 0.0867. The number of anilines is 1. The van der Waals surface area contributed by atoms with Crippen molar-refractivity contribution in [1.29, 1.82) is 0 Å². The standard InChI is InChI=1S/C22H38INO8/c23-5-6-25-7-8-26-9-10-27-11-12-28-13-14-29-15-16-30-17-18-31-19-20-32-22-4-2-1-3-21(22)24/h1-4H,5-20,24H2. The Morgan fingerprint density at radius 2 is 0.844 bits per heavy atom. The van der Waals surface area contributed by atoms with E-state index in [0.29, 0.717) is 104 Å². The van der Waals surface area contributed by atoms with Crippen LogP contribution in [0.5, 0.6) is 5.75 Å². The number of para-hydroxylation sites is 2. The van der Waals surface area contributed by atoms with Crippen molar-refractivity contribution in [2.75, 3.05) is 109 Å². The van der Waals surface area contributed by atoms with Crippen molar-refractivity contribution >= 4 is 28.3 Å². The van der Waals surface area contributed by atoms with Gasteiger partial charge >= 0.3 is 0 Å². The first-order chi connectivity index (χ1) is 15.8. The number of alkyl halides is 1. The summed E-state index contributed by atoms with van der Waals surface area (Å²) in [4.78, 5) is 0. The van der Waals surface area contributed by atoms with E-state index in [1.165, 1.54) is 0 Å². The van der Waals surface area contributed by atoms with Gasteiger partial charge in [-0.2, -0.15) is 0 Å². The predicted octanol–water partition coefficient (Wildman–Crippen LogP) is 2.20. The van der Waals surface area contributed by atoms with Crippen molar-refractivity contribution in [3.8, 4) is 5.75 Å². The third-order valence-electron chi connectivity index (χ3n) is 3.86. The Labute approximate surface area is 205 Å². The summed E-state index contributed by atoms with van der Waals surface area (Å²) in [5.74, 6) is 0.676. The van der Waals surface area contributed by atoms with Gasteiger partial charge in [-0.15, -0.1) is 0 Å². The molecule has 0 fully saturated rings. The Balaban J connectivity index is 1.68. The van der Waals surface area contributed by atoms with E-state index in [9.17, 15) is 0 Å². The topological polar surface area (TPSA) is 99.9 Å². The summed E-state index contributed by atoms with van der Waals surface area (Å²) in [6.45, 7) is 8.26. The zero-order valence-electron chi connectivity index (χ0n) is 18.8. The minimum absolute atomic E-state index is 0.449. The minimum Gasteiger partial charge on any atom is -0.489 e. The molecule has 9 nitrogen and oxygen atoms in total. The van der Waals surface area contributed by atoms with Gasteiger partial charge in [-0.3, -0.25) is 0 Å². The number of halogens is 1. The van der Waals surface area contributed by atoms with Crippen LogP contribution in [0.25, 0.3) is 0 Å². The summed E-state index contributed by atoms with van der Waals surface area (Å²) >= 11 is 2.28. The van der Waals surface area contributed by atoms with Gasteiger partial charge in [0, 0.05) is 4.43 Å². The lowest BCUT2D eigenvalue weighted by molar-refractivity contribution is -0.0207. The van der Waals surface area contributed by atoms with Crippen LogP contribution >= 0.6 is 22.6 Å². The molecule has 1 aromatic rings. The van der Waals surface area contributed by atoms with Gasteiger partial charge in [-0.25, -0.2) is 0 Å². The van der Waals surface area contributed by atoms with Crippen LogP contribution < -0.4 is 10.5 Å². The van der Waals surface area contributed by atoms with Crippen LogP contribution in [0.3, 0.4) is 0 Å². The SMILES string of the molecule is Nc1ccccc1OCCOCCOCCOCCOCCOCCOCCOCCI. The lowest BCUT2D eigenvalue weighted by Crippen LogP contribution is -2.15. The maximum atomic E-state index is 5.80. The molecule has 0 bridgehead atoms. The number of nitrogen functional groups attached to an aromatic ring is 1. The van der Waals surface area contributed by atoms with E-state index in [0.717, 1.165) is 11.0 Å². The van der Waals surface area contributed by atoms with Gasteiger partial charge in [0.1, 0.15) is 12.4 Å². The first-order valence-corrected chi connectivity index (χ1v) is 12.4. The average Bonchev–Trinajstić information content (AvgIpc) is 2.80. The maximum Gasteiger partial charge on any atom is 0.142 e. The van der Waals surface area contributed by atoms with E-state index in [1.54, 1.807) is 6.07 Å². The summed E-state index contributed by atoms with van der Waals surface area (Å²) in [5, 5.41) is 0. The molecule has 32 heavy (non-hydrogen) atoms. The number of benzene rings is 1. The molecule has 0 radical (unpaired) electrons. The van der Waals surface area contributed by atoms with Crippen molar-refractivity contribution in [2.45, 2.75) is 0 Å². The van der Waals surface area contributed by atoms with Crippen LogP contribution in [0.15, 0.2) is 24.3 Å². The normalized spacial score (nSPS) is 11.2. The number of nitrogens with two attached hydrogens (primary N) is 1. The van der Waals surface area contributed by atoms with Crippen molar-refractivity contribution in [1.82, 2.24) is 0 Å². The lowest BCUT2D eigenvalue weighted by atomic mass is 10.3. The molecule has 0 saturated heterocycles. The van der Waals surface area contributed by atoms with E-state index >= 15 is 0 Å². The molecular formula is C22H38INO8. The molecule has 0 aliphatic carbocycles. The Hall–Kier alpha value is -0.730. The molecule has 0 aliphatic rings. The second-order valence-electron chi connectivity index (χ2n) is 6.36. The highest BCUT2D eigenvalue weighted by Crippen LogP contribution is 2.19. The zero-order valence-corrected chi connectivity index (χ0v) is 21.0. The highest BCUT2D eigenvalue weighted by molar-refractivity contribution is 14.1. The van der Waals surface area contributed by atoms with E-state index in [-0.39, 0.29) is 0 Å². The van der Waals surface area contributed by atoms with Crippen LogP contribution in [-0.4, -0.2) is 104 Å². The molecule has 0 unspecified atom stereocenters. The first-order valence-electron chi connectivity index (χ1n) is 10.9. The van der Waals surface area contributed by atoms with Crippen molar-refractivity contribution in [2.24, 2.45) is 0 Å². The highest BCUT2D eigenvalue weighted by Gasteiger charge is 1.98. The molecule has 0 aliphatic heterocycles. The molecule has 0 heterocycles. The molecule has 2 N–H and O–H groups in total. The summed E-state index contributed by atoms with van der Waals surface area (Å²) in [6.07, 6.45) is 0. The largest absolute Gasteiger partial charge is 0.489 e. The molecule has 0 aromatic heterocycles. The van der Waals surface area contributed by atoms with Crippen molar-refractivity contribution < 1.29 is 37.9 Å². The summed E-state index contributed by atoms with van der Waals surface area (Å²) in [6, 6.07) is 7.39. The summed E-state index contributed by atoms with van der Waals surface area (Å²) < 4.78 is 44.4. The van der Waals surface area contributed by atoms with Gasteiger partial charge in [-0.1, -0.05) is 34.7 Å². The second kappa shape index (κ2) is 23.4. The van der Waals surface area contributed by atoms with Gasteiger partial charge in [0.2, 0.25) is 0 Å². The van der Waals surface area contributed by atoms with Gasteiger partial charge < -0.3 is 43.6 Å². The Kier molecular flexibility index (Phi) is 21.5. The molecule has 0 saturated carbocycles. The number of hydrogen-bond acceptors (Lipinski definition) is 9. The molecular weight excluding hydrogens is 533 g/mol. The van der Waals surface area contributed by atoms with Gasteiger partial charge in [-0.05, 0) is 12.1 Å². The molecule has 1 aromatic carbocycles. The molecule has 186 valence electrons. The highest BCUT2D eigenvalue weighted by atomic mass is 127. The third kappa shape index (κ3) is 18.8. The Morgan fingerprint density at radius 3 is 1.22 bits per heavy atom. The van der Waals surface area contributed by atoms with E-state index < -0.39 is 0 Å². The molecule has 0 atom stereocenters. The summed E-state index contributed by atoms with van der Waals surface area (Å²) in [7, 11) is 0. The van der Waals surface area contributed by atoms with E-state index in [4.69, 9.17) is 43.6 Å². The molecule has 0 spiro atoms. The fourth-order valence-corrected chi connectivity index (χ4v) is 2.61. The minimum atomic E-state index is 0.449. The number of ether oxygens (including phenoxy) is 8. The maximum absolute atomic E-state index is 5.80. The number of hydrogen-bond donors (Lipinski definition) is 1. The fraction of sp³-hybridized carbons (Fsp3) is 0.727. The smallest absolute Gasteiger partial charge is 0.142 e. The van der Waals surface area contributed by atoms with Crippen LogP contribution in [0, 0.1) is 0 Å². The van der Waals surface area contributed by atoms with E-state index in [2.05, 4.69) is 22.6 Å². The third-order valence-corrected chi connectivity index (χ3v) is 4.30. The van der Waals surface area contributed by atoms with Crippen LogP contribution in [0.1, 0.15) is 0 Å². The Bertz CT molecular complexity index is 526. The monoisotopic (exact) mass is 571 g/mol. The van der Waals surface area contributed by atoms with Crippen molar-refractivity contribution in [3.05, 3.63) is 24.3 Å². The first kappa shape index (κ1) is 29.3. The fourth-order valence-electron chi connectivity index (χ4n) is 2.30. The van der Waals surface area contributed by atoms with E-state index in [1.807, 2.05) is 18.2 Å². The number of rotatable bonds is 24. The van der Waals surface area contributed by atoms with Crippen LogP contribution in [0.2, 0.25) is 0 Å². The Morgan fingerprint density at radius 1 is 0.500 bits per heavy atom. The summed E-state index contributed by atoms with van der Waals surface area (Å²) in [5.41, 5.74) is 6.42. The lowest BCUT2D eigenvalue weighted by Gasteiger charge is -2.09. The molecule has 10 heteroatoms.